The summed E-state index contributed by atoms with van der Waals surface area (Å²) in [6.07, 6.45) is 0. The van der Waals surface area contributed by atoms with Crippen molar-refractivity contribution in [2.24, 2.45) is 0 Å². The van der Waals surface area contributed by atoms with E-state index in [0.717, 1.165) is 5.56 Å². The maximum atomic E-state index is 11.0. The molecule has 1 atom stereocenters. The first-order valence-electron chi connectivity index (χ1n) is 3.51. The standard InChI is InChI=1S/C9H11OS/c1-2-11(10)8-9-6-4-3-5-7-9/h3-7H,1-2,8H2. The maximum absolute atomic E-state index is 11.0. The zero-order chi connectivity index (χ0) is 8.10. The van der Waals surface area contributed by atoms with E-state index in [-0.39, 0.29) is 0 Å². The van der Waals surface area contributed by atoms with Gasteiger partial charge in [0.05, 0.1) is 0 Å². The fraction of sp³-hybridized carbons (Fsp3) is 0.222. The van der Waals surface area contributed by atoms with Crippen molar-refractivity contribution in [2.45, 2.75) is 5.75 Å². The van der Waals surface area contributed by atoms with Crippen LogP contribution in [-0.4, -0.2) is 10.3 Å². The van der Waals surface area contributed by atoms with Gasteiger partial charge >= 0.3 is 0 Å². The van der Waals surface area contributed by atoms with Crippen LogP contribution in [0.25, 0.3) is 0 Å². The molecule has 59 valence electrons. The van der Waals surface area contributed by atoms with Gasteiger partial charge in [-0.1, -0.05) is 30.3 Å². The van der Waals surface area contributed by atoms with Gasteiger partial charge in [-0.15, -0.1) is 0 Å². The van der Waals surface area contributed by atoms with Gasteiger partial charge < -0.3 is 4.55 Å². The average molecular weight is 167 g/mol. The molecule has 1 nitrogen and oxygen atoms in total. The summed E-state index contributed by atoms with van der Waals surface area (Å²) in [6.45, 7) is 3.58. The lowest BCUT2D eigenvalue weighted by Gasteiger charge is -2.07. The van der Waals surface area contributed by atoms with E-state index in [1.807, 2.05) is 30.3 Å². The second-order valence-corrected chi connectivity index (χ2v) is 3.85. The van der Waals surface area contributed by atoms with Crippen LogP contribution in [0.1, 0.15) is 5.56 Å². The van der Waals surface area contributed by atoms with Gasteiger partial charge in [-0.2, -0.15) is 0 Å². The Labute approximate surface area is 70.6 Å². The molecule has 1 rings (SSSR count). The van der Waals surface area contributed by atoms with E-state index < -0.39 is 11.2 Å². The summed E-state index contributed by atoms with van der Waals surface area (Å²) in [5.41, 5.74) is 1.12. The molecule has 0 aliphatic rings. The molecule has 1 unspecified atom stereocenters. The average Bonchev–Trinajstić information content (AvgIpc) is 2.06. The first-order valence-corrected chi connectivity index (χ1v) is 5.00. The largest absolute Gasteiger partial charge is 0.616 e. The third-order valence-electron chi connectivity index (χ3n) is 1.40. The molecule has 0 bridgehead atoms. The van der Waals surface area contributed by atoms with E-state index in [0.29, 0.717) is 11.5 Å². The van der Waals surface area contributed by atoms with Crippen molar-refractivity contribution in [2.75, 3.05) is 5.75 Å². The fourth-order valence-corrected chi connectivity index (χ4v) is 1.54. The van der Waals surface area contributed by atoms with Crippen molar-refractivity contribution >= 4 is 11.2 Å². The Hall–Kier alpha value is -0.470. The molecule has 11 heavy (non-hydrogen) atoms. The topological polar surface area (TPSA) is 23.1 Å². The number of hydrogen-bond donors (Lipinski definition) is 0. The van der Waals surface area contributed by atoms with Crippen LogP contribution in [0.5, 0.6) is 0 Å². The van der Waals surface area contributed by atoms with Gasteiger partial charge in [0.25, 0.3) is 0 Å². The zero-order valence-corrected chi connectivity index (χ0v) is 7.14. The SMILES string of the molecule is [CH2]C[S+]([O-])Cc1ccccc1. The Morgan fingerprint density at radius 3 is 2.45 bits per heavy atom. The van der Waals surface area contributed by atoms with Crippen molar-refractivity contribution in [1.82, 2.24) is 0 Å². The molecular formula is C9H11OS. The van der Waals surface area contributed by atoms with Gasteiger partial charge in [0.1, 0.15) is 11.5 Å². The Bertz CT molecular complexity index is 198. The molecule has 0 saturated carbocycles. The zero-order valence-electron chi connectivity index (χ0n) is 6.32. The first-order chi connectivity index (χ1) is 5.33. The monoisotopic (exact) mass is 167 g/mol. The van der Waals surface area contributed by atoms with E-state index in [1.165, 1.54) is 0 Å². The molecule has 1 aromatic rings. The number of benzene rings is 1. The van der Waals surface area contributed by atoms with Crippen molar-refractivity contribution in [3.05, 3.63) is 42.8 Å². The predicted molar refractivity (Wildman–Crippen MR) is 48.5 cm³/mol. The summed E-state index contributed by atoms with van der Waals surface area (Å²) in [5.74, 6) is 1.12. The lowest BCUT2D eigenvalue weighted by molar-refractivity contribution is 0.597. The Balaban J connectivity index is 2.51. The van der Waals surface area contributed by atoms with Crippen molar-refractivity contribution in [3.63, 3.8) is 0 Å². The van der Waals surface area contributed by atoms with E-state index >= 15 is 0 Å². The van der Waals surface area contributed by atoms with Crippen LogP contribution in [0.2, 0.25) is 0 Å². The van der Waals surface area contributed by atoms with Crippen LogP contribution < -0.4 is 0 Å². The third-order valence-corrected chi connectivity index (χ3v) is 2.51. The smallest absolute Gasteiger partial charge is 0.130 e. The molecule has 0 amide bonds. The highest BCUT2D eigenvalue weighted by Gasteiger charge is 2.02. The van der Waals surface area contributed by atoms with Gasteiger partial charge in [0, 0.05) is 5.56 Å². The van der Waals surface area contributed by atoms with Gasteiger partial charge in [-0.25, -0.2) is 0 Å². The van der Waals surface area contributed by atoms with Gasteiger partial charge in [-0.3, -0.25) is 0 Å². The Kier molecular flexibility index (Phi) is 3.46. The molecule has 1 aromatic carbocycles. The van der Waals surface area contributed by atoms with Gasteiger partial charge in [0.15, 0.2) is 0 Å². The highest BCUT2D eigenvalue weighted by atomic mass is 32.2. The lowest BCUT2D eigenvalue weighted by Crippen LogP contribution is -2.06. The minimum Gasteiger partial charge on any atom is -0.616 e. The summed E-state index contributed by atoms with van der Waals surface area (Å²) in [5, 5.41) is 0. The summed E-state index contributed by atoms with van der Waals surface area (Å²) in [6, 6.07) is 9.82. The summed E-state index contributed by atoms with van der Waals surface area (Å²) >= 11 is -0.789. The van der Waals surface area contributed by atoms with Crippen LogP contribution in [0.15, 0.2) is 30.3 Å². The first kappa shape index (κ1) is 8.62. The molecule has 1 radical (unpaired) electrons. The van der Waals surface area contributed by atoms with E-state index in [2.05, 4.69) is 6.92 Å². The minimum atomic E-state index is -0.789. The van der Waals surface area contributed by atoms with Gasteiger partial charge in [-0.05, 0) is 18.1 Å². The van der Waals surface area contributed by atoms with Crippen LogP contribution >= 0.6 is 0 Å². The second kappa shape index (κ2) is 4.42. The highest BCUT2D eigenvalue weighted by molar-refractivity contribution is 7.90. The van der Waals surface area contributed by atoms with Crippen molar-refractivity contribution < 1.29 is 4.55 Å². The van der Waals surface area contributed by atoms with Crippen molar-refractivity contribution in [3.8, 4) is 0 Å². The van der Waals surface area contributed by atoms with E-state index in [9.17, 15) is 4.55 Å². The van der Waals surface area contributed by atoms with Gasteiger partial charge in [0.2, 0.25) is 0 Å². The lowest BCUT2D eigenvalue weighted by atomic mass is 10.2. The third kappa shape index (κ3) is 2.95. The molecule has 2 heteroatoms. The number of hydrogen-bond acceptors (Lipinski definition) is 1. The van der Waals surface area contributed by atoms with Crippen molar-refractivity contribution in [1.29, 1.82) is 0 Å². The predicted octanol–water partition coefficient (Wildman–Crippen LogP) is 1.77. The molecule has 0 aliphatic heterocycles. The Morgan fingerprint density at radius 2 is 1.91 bits per heavy atom. The normalized spacial score (nSPS) is 12.9. The van der Waals surface area contributed by atoms with E-state index in [4.69, 9.17) is 0 Å². The molecule has 0 saturated heterocycles. The molecule has 0 aliphatic carbocycles. The van der Waals surface area contributed by atoms with E-state index in [1.54, 1.807) is 0 Å². The van der Waals surface area contributed by atoms with Crippen LogP contribution in [0.3, 0.4) is 0 Å². The summed E-state index contributed by atoms with van der Waals surface area (Å²) in [7, 11) is 0. The van der Waals surface area contributed by atoms with Crippen LogP contribution in [0, 0.1) is 6.92 Å². The molecule has 0 spiro atoms. The Morgan fingerprint density at radius 1 is 1.27 bits per heavy atom. The summed E-state index contributed by atoms with van der Waals surface area (Å²) in [4.78, 5) is 0. The van der Waals surface area contributed by atoms with Crippen LogP contribution in [-0.2, 0) is 16.9 Å². The number of rotatable bonds is 3. The van der Waals surface area contributed by atoms with Crippen LogP contribution in [0.4, 0.5) is 0 Å². The second-order valence-electron chi connectivity index (χ2n) is 2.27. The quantitative estimate of drug-likeness (QED) is 0.629. The molecule has 0 fully saturated rings. The minimum absolute atomic E-state index is 0.495. The molecular weight excluding hydrogens is 156 g/mol. The summed E-state index contributed by atoms with van der Waals surface area (Å²) < 4.78 is 11.0. The fourth-order valence-electron chi connectivity index (χ4n) is 0.832. The maximum Gasteiger partial charge on any atom is 0.130 e. The molecule has 0 N–H and O–H groups in total. The highest BCUT2D eigenvalue weighted by Crippen LogP contribution is 2.04. The molecule has 0 aromatic heterocycles. The molecule has 0 heterocycles.